The lowest BCUT2D eigenvalue weighted by atomic mass is 9.71. The standard InChI is InChI=1S/C32H40/c1-4-6-8-10-17-32(18-11-9-7-5-2)19-16-27-22-26-13-12-24-20-23(3)21-25-14-15-28(31(27)32)30(26)29(24)25/h12-16,19,21-23H,4-11,17-18,20H2,1-3H3. The Kier molecular flexibility index (Phi) is 6.15. The quantitative estimate of drug-likeness (QED) is 0.285. The first-order chi connectivity index (χ1) is 15.7. The highest BCUT2D eigenvalue weighted by molar-refractivity contribution is 6.15. The van der Waals surface area contributed by atoms with Crippen molar-refractivity contribution in [2.75, 3.05) is 0 Å². The fourth-order valence-corrected chi connectivity index (χ4v) is 6.66. The smallest absolute Gasteiger partial charge is 0.0147 e. The van der Waals surface area contributed by atoms with Crippen molar-refractivity contribution < 1.29 is 0 Å². The third kappa shape index (κ3) is 3.70. The first kappa shape index (κ1) is 21.7. The van der Waals surface area contributed by atoms with E-state index in [2.05, 4.69) is 69.3 Å². The average Bonchev–Trinajstić information content (AvgIpc) is 3.16. The summed E-state index contributed by atoms with van der Waals surface area (Å²) in [6.07, 6.45) is 22.2. The number of fused-ring (bicyclic) bond motifs is 2. The summed E-state index contributed by atoms with van der Waals surface area (Å²) in [5, 5.41) is 7.51. The van der Waals surface area contributed by atoms with Gasteiger partial charge in [-0.2, -0.15) is 0 Å². The molecule has 0 N–H and O–H groups in total. The second-order valence-corrected chi connectivity index (χ2v) is 10.7. The Morgan fingerprint density at radius 3 is 2.31 bits per heavy atom. The molecule has 0 heterocycles. The van der Waals surface area contributed by atoms with Crippen LogP contribution in [0.15, 0.2) is 36.4 Å². The number of unbranched alkanes of at least 4 members (excludes halogenated alkanes) is 6. The molecular formula is C32H40. The monoisotopic (exact) mass is 424 g/mol. The lowest BCUT2D eigenvalue weighted by Crippen LogP contribution is -2.23. The van der Waals surface area contributed by atoms with E-state index in [4.69, 9.17) is 0 Å². The molecule has 0 saturated carbocycles. The minimum absolute atomic E-state index is 0.233. The summed E-state index contributed by atoms with van der Waals surface area (Å²) in [6, 6.07) is 12.2. The SMILES string of the molecule is CCCCCCC1(CCCCCC)C=Cc2cc3ccc4c5c(ccc(c21)c35)=CC(C)C4. The van der Waals surface area contributed by atoms with Gasteiger partial charge in [-0.3, -0.25) is 0 Å². The maximum atomic E-state index is 2.61. The molecule has 1 atom stereocenters. The van der Waals surface area contributed by atoms with Crippen molar-refractivity contribution in [3.8, 4) is 0 Å². The van der Waals surface area contributed by atoms with Gasteiger partial charge < -0.3 is 0 Å². The molecule has 3 aromatic carbocycles. The molecule has 0 nitrogen and oxygen atoms in total. The van der Waals surface area contributed by atoms with Crippen LogP contribution in [0.3, 0.4) is 0 Å². The van der Waals surface area contributed by atoms with Gasteiger partial charge in [0.25, 0.3) is 0 Å². The van der Waals surface area contributed by atoms with Crippen molar-refractivity contribution in [3.63, 3.8) is 0 Å². The summed E-state index contributed by atoms with van der Waals surface area (Å²) in [6.45, 7) is 7.00. The normalized spacial score (nSPS) is 18.4. The van der Waals surface area contributed by atoms with E-state index in [1.165, 1.54) is 97.6 Å². The van der Waals surface area contributed by atoms with E-state index in [-0.39, 0.29) is 5.41 Å². The van der Waals surface area contributed by atoms with Gasteiger partial charge in [0.1, 0.15) is 0 Å². The Bertz CT molecular complexity index is 1180. The van der Waals surface area contributed by atoms with E-state index in [9.17, 15) is 0 Å². The van der Waals surface area contributed by atoms with Crippen LogP contribution in [0.4, 0.5) is 0 Å². The topological polar surface area (TPSA) is 0 Å². The van der Waals surface area contributed by atoms with E-state index in [1.54, 1.807) is 16.5 Å². The number of hydrogen-bond acceptors (Lipinski definition) is 0. The third-order valence-electron chi connectivity index (χ3n) is 8.22. The summed E-state index contributed by atoms with van der Waals surface area (Å²) in [7, 11) is 0. The van der Waals surface area contributed by atoms with Gasteiger partial charge in [-0.15, -0.1) is 0 Å². The Hall–Kier alpha value is -2.08. The zero-order valence-corrected chi connectivity index (χ0v) is 20.5. The minimum atomic E-state index is 0.233. The van der Waals surface area contributed by atoms with Crippen molar-refractivity contribution in [2.45, 2.75) is 96.8 Å². The van der Waals surface area contributed by atoms with Crippen LogP contribution in [0.25, 0.3) is 33.7 Å². The van der Waals surface area contributed by atoms with Crippen LogP contribution in [-0.2, 0) is 11.8 Å². The zero-order valence-electron chi connectivity index (χ0n) is 20.5. The zero-order chi connectivity index (χ0) is 22.1. The van der Waals surface area contributed by atoms with Crippen molar-refractivity contribution in [3.05, 3.63) is 58.3 Å². The third-order valence-corrected chi connectivity index (χ3v) is 8.22. The van der Waals surface area contributed by atoms with Crippen LogP contribution < -0.4 is 5.22 Å². The molecule has 2 aliphatic rings. The fraction of sp³-hybridized carbons (Fsp3) is 0.500. The second-order valence-electron chi connectivity index (χ2n) is 10.7. The Morgan fingerprint density at radius 2 is 1.59 bits per heavy atom. The Labute approximate surface area is 194 Å². The van der Waals surface area contributed by atoms with E-state index in [0.29, 0.717) is 5.92 Å². The lowest BCUT2D eigenvalue weighted by molar-refractivity contribution is 0.413. The Balaban J connectivity index is 1.65. The molecule has 2 aliphatic carbocycles. The number of allylic oxidation sites excluding steroid dienone is 1. The van der Waals surface area contributed by atoms with Crippen LogP contribution in [0.5, 0.6) is 0 Å². The van der Waals surface area contributed by atoms with Gasteiger partial charge in [-0.05, 0) is 74.7 Å². The number of hydrogen-bond donors (Lipinski definition) is 0. The molecule has 0 aliphatic heterocycles. The van der Waals surface area contributed by atoms with Gasteiger partial charge in [0.2, 0.25) is 0 Å². The van der Waals surface area contributed by atoms with Crippen molar-refractivity contribution in [1.82, 2.24) is 0 Å². The van der Waals surface area contributed by atoms with Gasteiger partial charge in [0.05, 0.1) is 0 Å². The molecule has 0 aromatic heterocycles. The Morgan fingerprint density at radius 1 is 0.844 bits per heavy atom. The number of benzene rings is 3. The molecule has 3 aromatic rings. The van der Waals surface area contributed by atoms with Crippen molar-refractivity contribution in [1.29, 1.82) is 0 Å². The molecule has 0 spiro atoms. The lowest BCUT2D eigenvalue weighted by Gasteiger charge is -2.32. The second kappa shape index (κ2) is 9.05. The molecule has 0 heteroatoms. The maximum Gasteiger partial charge on any atom is 0.0147 e. The predicted molar refractivity (Wildman–Crippen MR) is 142 cm³/mol. The van der Waals surface area contributed by atoms with Gasteiger partial charge in [0.15, 0.2) is 0 Å². The first-order valence-corrected chi connectivity index (χ1v) is 13.4. The maximum absolute atomic E-state index is 2.61. The number of rotatable bonds is 10. The largest absolute Gasteiger partial charge is 0.0735 e. The highest BCUT2D eigenvalue weighted by Crippen LogP contribution is 2.49. The van der Waals surface area contributed by atoms with Crippen LogP contribution in [0.1, 0.15) is 102 Å². The predicted octanol–water partition coefficient (Wildman–Crippen LogP) is 8.89. The molecule has 32 heavy (non-hydrogen) atoms. The van der Waals surface area contributed by atoms with Crippen molar-refractivity contribution >= 4 is 33.7 Å². The molecule has 1 unspecified atom stereocenters. The van der Waals surface area contributed by atoms with Gasteiger partial charge in [-0.25, -0.2) is 0 Å². The molecule has 0 radical (unpaired) electrons. The first-order valence-electron chi connectivity index (χ1n) is 13.4. The van der Waals surface area contributed by atoms with E-state index < -0.39 is 0 Å². The molecule has 0 fully saturated rings. The van der Waals surface area contributed by atoms with Crippen LogP contribution >= 0.6 is 0 Å². The fourth-order valence-electron chi connectivity index (χ4n) is 6.66. The summed E-state index contributed by atoms with van der Waals surface area (Å²) in [5.74, 6) is 0.633. The van der Waals surface area contributed by atoms with E-state index >= 15 is 0 Å². The van der Waals surface area contributed by atoms with E-state index in [0.717, 1.165) is 0 Å². The molecular weight excluding hydrogens is 384 g/mol. The van der Waals surface area contributed by atoms with Crippen LogP contribution in [-0.4, -0.2) is 0 Å². The summed E-state index contributed by atoms with van der Waals surface area (Å²) in [5.41, 5.74) is 4.92. The molecule has 0 amide bonds. The summed E-state index contributed by atoms with van der Waals surface area (Å²) >= 11 is 0. The molecule has 5 rings (SSSR count). The highest BCUT2D eigenvalue weighted by atomic mass is 14.4. The summed E-state index contributed by atoms with van der Waals surface area (Å²) < 4.78 is 0. The van der Waals surface area contributed by atoms with E-state index in [1.807, 2.05) is 0 Å². The van der Waals surface area contributed by atoms with Crippen molar-refractivity contribution in [2.24, 2.45) is 5.92 Å². The molecule has 0 bridgehead atoms. The summed E-state index contributed by atoms with van der Waals surface area (Å²) in [4.78, 5) is 0. The van der Waals surface area contributed by atoms with Gasteiger partial charge in [-0.1, -0.05) is 115 Å². The highest BCUT2D eigenvalue weighted by Gasteiger charge is 2.36. The van der Waals surface area contributed by atoms with Gasteiger partial charge in [0, 0.05) is 5.41 Å². The van der Waals surface area contributed by atoms with Crippen LogP contribution in [0.2, 0.25) is 0 Å². The van der Waals surface area contributed by atoms with Crippen LogP contribution in [0, 0.1) is 5.92 Å². The molecule has 168 valence electrons. The minimum Gasteiger partial charge on any atom is -0.0735 e. The molecule has 0 saturated heterocycles. The van der Waals surface area contributed by atoms with Gasteiger partial charge >= 0.3 is 0 Å². The average molecular weight is 425 g/mol.